The van der Waals surface area contributed by atoms with Crippen LogP contribution in [-0.4, -0.2) is 51.8 Å². The predicted octanol–water partition coefficient (Wildman–Crippen LogP) is 1.44. The second kappa shape index (κ2) is 17.2. The van der Waals surface area contributed by atoms with Crippen LogP contribution < -0.4 is 0 Å². The molecule has 8 heteroatoms. The Morgan fingerprint density at radius 1 is 0.542 bits per heavy atom. The van der Waals surface area contributed by atoms with Crippen LogP contribution in [0, 0.1) is 45.3 Å². The Hall–Kier alpha value is -2.20. The summed E-state index contributed by atoms with van der Waals surface area (Å²) < 4.78 is 22.1. The number of rotatable bonds is 15. The molecule has 0 aromatic rings. The van der Waals surface area contributed by atoms with E-state index in [-0.39, 0.29) is 65.3 Å². The van der Waals surface area contributed by atoms with Crippen LogP contribution in [0.5, 0.6) is 0 Å². The lowest BCUT2D eigenvalue weighted by Gasteiger charge is -2.27. The average Bonchev–Trinajstić information content (AvgIpc) is 2.59. The smallest absolute Gasteiger partial charge is 0.109 e. The molecule has 0 unspecified atom stereocenters. The highest BCUT2D eigenvalue weighted by Gasteiger charge is 2.24. The molecule has 0 rings (SSSR count). The molecule has 0 aromatic heterocycles. The Labute approximate surface area is 142 Å². The number of ether oxygens (including phenoxy) is 4. The van der Waals surface area contributed by atoms with Crippen LogP contribution in [0.3, 0.4) is 0 Å². The summed E-state index contributed by atoms with van der Waals surface area (Å²) in [5, 5.41) is 34.3. The third kappa shape index (κ3) is 12.4. The van der Waals surface area contributed by atoms with E-state index in [1.807, 2.05) is 24.3 Å². The highest BCUT2D eigenvalue weighted by molar-refractivity contribution is 4.76. The van der Waals surface area contributed by atoms with Gasteiger partial charge in [-0.25, -0.2) is 0 Å². The van der Waals surface area contributed by atoms with E-state index >= 15 is 0 Å². The maximum Gasteiger partial charge on any atom is 0.109 e. The summed E-state index contributed by atoms with van der Waals surface area (Å²) >= 11 is 0. The summed E-state index contributed by atoms with van der Waals surface area (Å²) in [4.78, 5) is 0. The van der Waals surface area contributed by atoms with E-state index < -0.39 is 12.2 Å². The van der Waals surface area contributed by atoms with Crippen LogP contribution in [-0.2, 0) is 18.9 Å². The minimum atomic E-state index is -0.488. The van der Waals surface area contributed by atoms with Gasteiger partial charge in [-0.15, -0.1) is 0 Å². The van der Waals surface area contributed by atoms with Crippen LogP contribution in [0.15, 0.2) is 0 Å². The van der Waals surface area contributed by atoms with Crippen molar-refractivity contribution in [3.05, 3.63) is 0 Å². The third-order valence-corrected chi connectivity index (χ3v) is 2.79. The van der Waals surface area contributed by atoms with E-state index in [1.54, 1.807) is 0 Å². The average molecular weight is 334 g/mol. The predicted molar refractivity (Wildman–Crippen MR) is 82.0 cm³/mol. The topological polar surface area (TPSA) is 132 Å². The standard InChI is InChI=1S/C16H22N4O4/c17-5-1-9-21-13-15(23-11-3-7-19)16(24-12-4-8-20)14-22-10-2-6-18/h15-16H,1-4,9-14H2/t15-,16-/m0/s1. The van der Waals surface area contributed by atoms with E-state index in [0.717, 1.165) is 0 Å². The quantitative estimate of drug-likeness (QED) is 0.411. The molecular weight excluding hydrogens is 312 g/mol. The lowest BCUT2D eigenvalue weighted by molar-refractivity contribution is -0.125. The summed E-state index contributed by atoms with van der Waals surface area (Å²) in [6.45, 7) is 1.36. The van der Waals surface area contributed by atoms with Gasteiger partial charge >= 0.3 is 0 Å². The molecule has 0 amide bonds. The molecule has 0 saturated carbocycles. The van der Waals surface area contributed by atoms with Crippen molar-refractivity contribution < 1.29 is 18.9 Å². The first-order chi connectivity index (χ1) is 11.8. The van der Waals surface area contributed by atoms with E-state index in [2.05, 4.69) is 0 Å². The fraction of sp³-hybridized carbons (Fsp3) is 0.750. The van der Waals surface area contributed by atoms with E-state index in [1.165, 1.54) is 0 Å². The van der Waals surface area contributed by atoms with Crippen molar-refractivity contribution in [3.8, 4) is 24.3 Å². The fourth-order valence-electron chi connectivity index (χ4n) is 1.67. The van der Waals surface area contributed by atoms with E-state index in [9.17, 15) is 0 Å². The largest absolute Gasteiger partial charge is 0.378 e. The van der Waals surface area contributed by atoms with Gasteiger partial charge in [0.25, 0.3) is 0 Å². The van der Waals surface area contributed by atoms with Crippen molar-refractivity contribution in [1.29, 1.82) is 21.0 Å². The van der Waals surface area contributed by atoms with E-state index in [0.29, 0.717) is 0 Å². The Morgan fingerprint density at radius 3 is 1.21 bits per heavy atom. The molecule has 0 spiro atoms. The second-order valence-electron chi connectivity index (χ2n) is 4.60. The zero-order chi connectivity index (χ0) is 17.9. The summed E-state index contributed by atoms with van der Waals surface area (Å²) in [5.41, 5.74) is 0. The van der Waals surface area contributed by atoms with Crippen LogP contribution in [0.2, 0.25) is 0 Å². The van der Waals surface area contributed by atoms with Gasteiger partial charge in [-0.2, -0.15) is 21.0 Å². The first-order valence-electron chi connectivity index (χ1n) is 7.66. The van der Waals surface area contributed by atoms with Crippen molar-refractivity contribution in [2.75, 3.05) is 39.6 Å². The monoisotopic (exact) mass is 334 g/mol. The van der Waals surface area contributed by atoms with Crippen LogP contribution in [0.4, 0.5) is 0 Å². The molecule has 0 bridgehead atoms. The third-order valence-electron chi connectivity index (χ3n) is 2.79. The summed E-state index contributed by atoms with van der Waals surface area (Å²) in [6, 6.07) is 7.94. The summed E-state index contributed by atoms with van der Waals surface area (Å²) in [6.07, 6.45) is 0.0207. The van der Waals surface area contributed by atoms with Gasteiger partial charge in [0, 0.05) is 0 Å². The van der Waals surface area contributed by atoms with Gasteiger partial charge < -0.3 is 18.9 Å². The Bertz CT molecular complexity index is 428. The highest BCUT2D eigenvalue weighted by Crippen LogP contribution is 2.09. The highest BCUT2D eigenvalue weighted by atomic mass is 16.6. The number of nitriles is 4. The maximum absolute atomic E-state index is 8.62. The van der Waals surface area contributed by atoms with Crippen molar-refractivity contribution >= 4 is 0 Å². The second-order valence-corrected chi connectivity index (χ2v) is 4.60. The fourth-order valence-corrected chi connectivity index (χ4v) is 1.67. The van der Waals surface area contributed by atoms with Crippen molar-refractivity contribution in [2.45, 2.75) is 37.9 Å². The zero-order valence-electron chi connectivity index (χ0n) is 13.6. The molecule has 2 atom stereocenters. The van der Waals surface area contributed by atoms with E-state index in [4.69, 9.17) is 40.0 Å². The maximum atomic E-state index is 8.62. The normalized spacial score (nSPS) is 12.3. The van der Waals surface area contributed by atoms with Gasteiger partial charge in [-0.05, 0) is 0 Å². The van der Waals surface area contributed by atoms with Gasteiger partial charge in [0.15, 0.2) is 0 Å². The summed E-state index contributed by atoms with van der Waals surface area (Å²) in [5.74, 6) is 0. The number of hydrogen-bond acceptors (Lipinski definition) is 8. The van der Waals surface area contributed by atoms with Crippen molar-refractivity contribution in [3.63, 3.8) is 0 Å². The van der Waals surface area contributed by atoms with Gasteiger partial charge in [-0.1, -0.05) is 0 Å². The molecule has 0 heterocycles. The molecule has 0 aliphatic rings. The number of nitrogens with zero attached hydrogens (tertiary/aromatic N) is 4. The van der Waals surface area contributed by atoms with Gasteiger partial charge in [0.1, 0.15) is 12.2 Å². The Kier molecular flexibility index (Phi) is 15.6. The van der Waals surface area contributed by atoms with Gasteiger partial charge in [-0.3, -0.25) is 0 Å². The van der Waals surface area contributed by atoms with Crippen LogP contribution in [0.1, 0.15) is 25.7 Å². The molecule has 0 N–H and O–H groups in total. The van der Waals surface area contributed by atoms with Crippen LogP contribution >= 0.6 is 0 Å². The van der Waals surface area contributed by atoms with Crippen molar-refractivity contribution in [1.82, 2.24) is 0 Å². The molecule has 24 heavy (non-hydrogen) atoms. The molecule has 0 fully saturated rings. The Balaban J connectivity index is 4.59. The van der Waals surface area contributed by atoms with Gasteiger partial charge in [0.2, 0.25) is 0 Å². The molecular formula is C16H22N4O4. The zero-order valence-corrected chi connectivity index (χ0v) is 13.6. The van der Waals surface area contributed by atoms with Crippen LogP contribution in [0.25, 0.3) is 0 Å². The molecule has 130 valence electrons. The molecule has 0 aliphatic heterocycles. The van der Waals surface area contributed by atoms with Crippen molar-refractivity contribution in [2.24, 2.45) is 0 Å². The summed E-state index contributed by atoms with van der Waals surface area (Å²) in [7, 11) is 0. The Morgan fingerprint density at radius 2 is 0.875 bits per heavy atom. The minimum absolute atomic E-state index is 0.186. The first-order valence-corrected chi connectivity index (χ1v) is 7.66. The molecule has 8 nitrogen and oxygen atoms in total. The number of hydrogen-bond donors (Lipinski definition) is 0. The minimum Gasteiger partial charge on any atom is -0.378 e. The lowest BCUT2D eigenvalue weighted by Crippen LogP contribution is -2.39. The SMILES string of the molecule is N#CCCOC[C@H](OCCC#N)[C@H](COCCC#N)OCCC#N. The molecule has 0 aliphatic carbocycles. The molecule has 0 saturated heterocycles. The molecule has 0 aromatic carbocycles. The molecule has 0 radical (unpaired) electrons. The first kappa shape index (κ1) is 21.8. The van der Waals surface area contributed by atoms with Gasteiger partial charge in [0.05, 0.1) is 89.6 Å². The lowest BCUT2D eigenvalue weighted by atomic mass is 10.2.